The summed E-state index contributed by atoms with van der Waals surface area (Å²) in [5.41, 5.74) is 2.32. The Hall–Kier alpha value is -2.04. The Morgan fingerprint density at radius 1 is 1.30 bits per heavy atom. The van der Waals surface area contributed by atoms with E-state index in [1.54, 1.807) is 17.0 Å². The molecule has 0 saturated heterocycles. The zero-order chi connectivity index (χ0) is 14.3. The van der Waals surface area contributed by atoms with Gasteiger partial charge in [0.15, 0.2) is 0 Å². The van der Waals surface area contributed by atoms with Crippen molar-refractivity contribution in [3.8, 4) is 0 Å². The zero-order valence-corrected chi connectivity index (χ0v) is 11.5. The number of hydrogen-bond acceptors (Lipinski definition) is 2. The maximum atomic E-state index is 12.2. The van der Waals surface area contributed by atoms with Crippen LogP contribution < -0.4 is 5.32 Å². The predicted molar refractivity (Wildman–Crippen MR) is 73.7 cm³/mol. The van der Waals surface area contributed by atoms with E-state index in [9.17, 15) is 9.59 Å². The lowest BCUT2D eigenvalue weighted by molar-refractivity contribution is 0.0696. The summed E-state index contributed by atoms with van der Waals surface area (Å²) in [6.07, 6.45) is 2.85. The first-order valence-electron chi connectivity index (χ1n) is 6.89. The second-order valence-electron chi connectivity index (χ2n) is 5.95. The first-order chi connectivity index (χ1) is 9.47. The molecule has 0 atom stereocenters. The molecule has 0 spiro atoms. The molecule has 2 amide bonds. The van der Waals surface area contributed by atoms with E-state index in [0.717, 1.165) is 30.4 Å². The van der Waals surface area contributed by atoms with Gasteiger partial charge in [-0.2, -0.15) is 0 Å². The number of nitrogens with zero attached hydrogens (tertiary/aromatic N) is 1. The van der Waals surface area contributed by atoms with Crippen LogP contribution in [0, 0.1) is 0 Å². The van der Waals surface area contributed by atoms with Crippen LogP contribution in [0.1, 0.15) is 41.3 Å². The number of aromatic carboxylic acids is 1. The lowest BCUT2D eigenvalue weighted by Crippen LogP contribution is -2.46. The standard InChI is InChI=1S/C15H18N2O3/c1-15(5-6-15)16-14(20)17-7-4-10-2-3-11(13(18)19)8-12(10)9-17/h2-3,8H,4-7,9H2,1H3,(H,16,20)(H,18,19). The van der Waals surface area contributed by atoms with Gasteiger partial charge in [-0.1, -0.05) is 6.07 Å². The third-order valence-corrected chi connectivity index (χ3v) is 4.16. The normalized spacial score (nSPS) is 19.1. The van der Waals surface area contributed by atoms with Gasteiger partial charge in [0.05, 0.1) is 5.56 Å². The van der Waals surface area contributed by atoms with Crippen molar-refractivity contribution in [3.63, 3.8) is 0 Å². The lowest BCUT2D eigenvalue weighted by Gasteiger charge is -2.30. The number of carboxylic acids is 1. The smallest absolute Gasteiger partial charge is 0.335 e. The van der Waals surface area contributed by atoms with E-state index in [2.05, 4.69) is 5.32 Å². The molecule has 0 unspecified atom stereocenters. The first kappa shape index (κ1) is 13.0. The maximum Gasteiger partial charge on any atom is 0.335 e. The van der Waals surface area contributed by atoms with Gasteiger partial charge in [0, 0.05) is 18.6 Å². The van der Waals surface area contributed by atoms with Gasteiger partial charge in [0.2, 0.25) is 0 Å². The van der Waals surface area contributed by atoms with Gasteiger partial charge in [-0.25, -0.2) is 9.59 Å². The molecule has 1 aliphatic heterocycles. The number of rotatable bonds is 2. The summed E-state index contributed by atoms with van der Waals surface area (Å²) in [6.45, 7) is 3.21. The number of nitrogens with one attached hydrogen (secondary N) is 1. The van der Waals surface area contributed by atoms with Crippen molar-refractivity contribution in [1.82, 2.24) is 10.2 Å². The summed E-state index contributed by atoms with van der Waals surface area (Å²) in [5.74, 6) is -0.931. The molecule has 1 aromatic carbocycles. The molecule has 5 heteroatoms. The molecule has 0 radical (unpaired) electrons. The highest BCUT2D eigenvalue weighted by molar-refractivity contribution is 5.88. The monoisotopic (exact) mass is 274 g/mol. The van der Waals surface area contributed by atoms with E-state index in [0.29, 0.717) is 13.1 Å². The van der Waals surface area contributed by atoms with E-state index >= 15 is 0 Å². The van der Waals surface area contributed by atoms with E-state index < -0.39 is 5.97 Å². The molecule has 0 aromatic heterocycles. The number of fused-ring (bicyclic) bond motifs is 1. The van der Waals surface area contributed by atoms with E-state index in [1.165, 1.54) is 0 Å². The average Bonchev–Trinajstić information content (AvgIpc) is 3.14. The number of carbonyl (C=O) groups is 2. The second kappa shape index (κ2) is 4.51. The van der Waals surface area contributed by atoms with Gasteiger partial charge in [0.25, 0.3) is 0 Å². The number of carbonyl (C=O) groups excluding carboxylic acids is 1. The van der Waals surface area contributed by atoms with E-state index in [4.69, 9.17) is 5.11 Å². The van der Waals surface area contributed by atoms with Gasteiger partial charge in [-0.3, -0.25) is 0 Å². The highest BCUT2D eigenvalue weighted by Gasteiger charge is 2.40. The van der Waals surface area contributed by atoms with Crippen LogP contribution in [0.5, 0.6) is 0 Å². The molecule has 20 heavy (non-hydrogen) atoms. The van der Waals surface area contributed by atoms with Crippen LogP contribution in [-0.2, 0) is 13.0 Å². The van der Waals surface area contributed by atoms with Gasteiger partial charge >= 0.3 is 12.0 Å². The molecule has 0 bridgehead atoms. The van der Waals surface area contributed by atoms with Crippen molar-refractivity contribution in [3.05, 3.63) is 34.9 Å². The number of urea groups is 1. The highest BCUT2D eigenvalue weighted by atomic mass is 16.4. The molecule has 106 valence electrons. The SMILES string of the molecule is CC1(NC(=O)N2CCc3ccc(C(=O)O)cc3C2)CC1. The number of carboxylic acid groups (broad SMARTS) is 1. The Balaban J connectivity index is 1.74. The zero-order valence-electron chi connectivity index (χ0n) is 11.5. The molecule has 2 aliphatic rings. The minimum atomic E-state index is -0.931. The minimum Gasteiger partial charge on any atom is -0.478 e. The van der Waals surface area contributed by atoms with Crippen LogP contribution in [0.3, 0.4) is 0 Å². The molecule has 1 aromatic rings. The summed E-state index contributed by atoms with van der Waals surface area (Å²) < 4.78 is 0. The predicted octanol–water partition coefficient (Wildman–Crippen LogP) is 2.00. The van der Waals surface area contributed by atoms with E-state index in [-0.39, 0.29) is 17.1 Å². The molecule has 1 saturated carbocycles. The average molecular weight is 274 g/mol. The van der Waals surface area contributed by atoms with Crippen molar-refractivity contribution in [2.45, 2.75) is 38.3 Å². The van der Waals surface area contributed by atoms with Gasteiger partial charge in [-0.05, 0) is 49.4 Å². The minimum absolute atomic E-state index is 0.0275. The Labute approximate surface area is 117 Å². The van der Waals surface area contributed by atoms with Crippen molar-refractivity contribution in [2.75, 3.05) is 6.54 Å². The summed E-state index contributed by atoms with van der Waals surface area (Å²) in [7, 11) is 0. The van der Waals surface area contributed by atoms with Gasteiger partial charge in [0.1, 0.15) is 0 Å². The van der Waals surface area contributed by atoms with Crippen LogP contribution in [-0.4, -0.2) is 34.1 Å². The Bertz CT molecular complexity index is 578. The van der Waals surface area contributed by atoms with Crippen molar-refractivity contribution in [2.24, 2.45) is 0 Å². The van der Waals surface area contributed by atoms with Gasteiger partial charge in [-0.15, -0.1) is 0 Å². The van der Waals surface area contributed by atoms with Crippen LogP contribution >= 0.6 is 0 Å². The number of benzene rings is 1. The van der Waals surface area contributed by atoms with Crippen molar-refractivity contribution in [1.29, 1.82) is 0 Å². The molecule has 1 aliphatic carbocycles. The maximum absolute atomic E-state index is 12.2. The van der Waals surface area contributed by atoms with Crippen LogP contribution in [0.4, 0.5) is 4.79 Å². The molecule has 2 N–H and O–H groups in total. The lowest BCUT2D eigenvalue weighted by atomic mass is 9.97. The largest absolute Gasteiger partial charge is 0.478 e. The third kappa shape index (κ3) is 2.48. The van der Waals surface area contributed by atoms with E-state index in [1.807, 2.05) is 13.0 Å². The third-order valence-electron chi connectivity index (χ3n) is 4.16. The Morgan fingerprint density at radius 3 is 2.70 bits per heavy atom. The summed E-state index contributed by atoms with van der Waals surface area (Å²) in [6, 6.07) is 5.12. The van der Waals surface area contributed by atoms with Gasteiger partial charge < -0.3 is 15.3 Å². The second-order valence-corrected chi connectivity index (χ2v) is 5.95. The van der Waals surface area contributed by atoms with Crippen molar-refractivity contribution < 1.29 is 14.7 Å². The fraction of sp³-hybridized carbons (Fsp3) is 0.467. The molecular weight excluding hydrogens is 256 g/mol. The summed E-state index contributed by atoms with van der Waals surface area (Å²) >= 11 is 0. The Kier molecular flexibility index (Phi) is 2.92. The summed E-state index contributed by atoms with van der Waals surface area (Å²) in [4.78, 5) is 24.9. The topological polar surface area (TPSA) is 69.6 Å². The molecular formula is C15H18N2O3. The quantitative estimate of drug-likeness (QED) is 0.866. The van der Waals surface area contributed by atoms with Crippen LogP contribution in [0.2, 0.25) is 0 Å². The van der Waals surface area contributed by atoms with Crippen LogP contribution in [0.15, 0.2) is 18.2 Å². The molecule has 1 heterocycles. The Morgan fingerprint density at radius 2 is 2.05 bits per heavy atom. The fourth-order valence-electron chi connectivity index (χ4n) is 2.51. The molecule has 3 rings (SSSR count). The first-order valence-corrected chi connectivity index (χ1v) is 6.89. The number of amides is 2. The summed E-state index contributed by atoms with van der Waals surface area (Å²) in [5, 5.41) is 12.1. The number of hydrogen-bond donors (Lipinski definition) is 2. The molecule has 1 fully saturated rings. The van der Waals surface area contributed by atoms with Crippen molar-refractivity contribution >= 4 is 12.0 Å². The fourth-order valence-corrected chi connectivity index (χ4v) is 2.51. The molecule has 5 nitrogen and oxygen atoms in total. The highest BCUT2D eigenvalue weighted by Crippen LogP contribution is 2.34. The van der Waals surface area contributed by atoms with Crippen LogP contribution in [0.25, 0.3) is 0 Å².